The Kier molecular flexibility index (Phi) is 6.01. The van der Waals surface area contributed by atoms with Gasteiger partial charge in [0.15, 0.2) is 5.75 Å². The van der Waals surface area contributed by atoms with E-state index in [2.05, 4.69) is 4.98 Å². The molecule has 128 valence electrons. The Bertz CT molecular complexity index is 812. The highest BCUT2D eigenvalue weighted by Gasteiger charge is 2.25. The van der Waals surface area contributed by atoms with Gasteiger partial charge in [0.1, 0.15) is 16.4 Å². The van der Waals surface area contributed by atoms with Crippen LogP contribution in [0.3, 0.4) is 0 Å². The van der Waals surface area contributed by atoms with E-state index in [0.717, 1.165) is 6.07 Å². The van der Waals surface area contributed by atoms with Crippen LogP contribution in [0.25, 0.3) is 10.9 Å². The average Bonchev–Trinajstić information content (AvgIpc) is 2.49. The zero-order valence-electron chi connectivity index (χ0n) is 13.3. The summed E-state index contributed by atoms with van der Waals surface area (Å²) < 4.78 is 24.1. The Balaban J connectivity index is 2.85. The van der Waals surface area contributed by atoms with E-state index in [9.17, 15) is 14.0 Å². The maximum absolute atomic E-state index is 13.9. The van der Waals surface area contributed by atoms with Crippen LogP contribution in [0.15, 0.2) is 17.2 Å². The number of esters is 2. The molecule has 0 aliphatic carbocycles. The molecule has 1 aromatic carbocycles. The number of rotatable bonds is 5. The summed E-state index contributed by atoms with van der Waals surface area (Å²) in [6.07, 6.45) is 0. The summed E-state index contributed by atoms with van der Waals surface area (Å²) in [7, 11) is 0. The molecule has 1 heterocycles. The van der Waals surface area contributed by atoms with Crippen LogP contribution in [0.4, 0.5) is 4.39 Å². The van der Waals surface area contributed by atoms with Gasteiger partial charge in [-0.1, -0.05) is 18.5 Å². The number of carbonyl (C=O) groups excluding carboxylic acids is 2. The molecule has 0 N–H and O–H groups in total. The van der Waals surface area contributed by atoms with Crippen LogP contribution in [0, 0.1) is 5.82 Å². The van der Waals surface area contributed by atoms with Crippen LogP contribution in [0.1, 0.15) is 31.1 Å². The van der Waals surface area contributed by atoms with Crippen LogP contribution in [0.5, 0.6) is 5.75 Å². The van der Waals surface area contributed by atoms with Gasteiger partial charge in [0.25, 0.3) is 0 Å². The lowest BCUT2D eigenvalue weighted by molar-refractivity contribution is -0.131. The molecule has 0 atom stereocenters. The van der Waals surface area contributed by atoms with E-state index in [1.54, 1.807) is 6.92 Å². The lowest BCUT2D eigenvalue weighted by Gasteiger charge is -2.15. The fraction of sp³-hybridized carbons (Fsp3) is 0.312. The van der Waals surface area contributed by atoms with Crippen LogP contribution < -0.4 is 4.74 Å². The van der Waals surface area contributed by atoms with Crippen molar-refractivity contribution in [3.05, 3.63) is 28.5 Å². The predicted octanol–water partition coefficient (Wildman–Crippen LogP) is 4.24. The quantitative estimate of drug-likeness (QED) is 0.578. The molecule has 2 aromatic rings. The molecule has 24 heavy (non-hydrogen) atoms. The normalized spacial score (nSPS) is 10.7. The number of fused-ring (bicyclic) bond motifs is 1. The lowest BCUT2D eigenvalue weighted by atomic mass is 10.1. The summed E-state index contributed by atoms with van der Waals surface area (Å²) >= 11 is 7.09. The zero-order chi connectivity index (χ0) is 17.9. The largest absolute Gasteiger partial charge is 0.462 e. The first-order chi connectivity index (χ1) is 11.4. The van der Waals surface area contributed by atoms with Crippen LogP contribution in [0.2, 0.25) is 5.02 Å². The van der Waals surface area contributed by atoms with Crippen molar-refractivity contribution in [2.24, 2.45) is 0 Å². The molecule has 2 rings (SSSR count). The summed E-state index contributed by atoms with van der Waals surface area (Å²) in [6, 6.07) is 2.42. The summed E-state index contributed by atoms with van der Waals surface area (Å²) in [6.45, 7) is 4.88. The van der Waals surface area contributed by atoms with E-state index in [1.807, 2.05) is 6.92 Å². The number of benzene rings is 1. The highest BCUT2D eigenvalue weighted by molar-refractivity contribution is 7.99. The summed E-state index contributed by atoms with van der Waals surface area (Å²) in [5.74, 6) is -1.48. The number of aromatic nitrogens is 1. The lowest BCUT2D eigenvalue weighted by Crippen LogP contribution is -2.13. The Morgan fingerprint density at radius 3 is 2.62 bits per heavy atom. The molecule has 0 radical (unpaired) electrons. The van der Waals surface area contributed by atoms with E-state index in [-0.39, 0.29) is 28.3 Å². The molecule has 0 saturated carbocycles. The Labute approximate surface area is 147 Å². The minimum Gasteiger partial charge on any atom is -0.462 e. The second-order valence-electron chi connectivity index (χ2n) is 4.65. The number of halogens is 2. The van der Waals surface area contributed by atoms with Gasteiger partial charge >= 0.3 is 11.9 Å². The van der Waals surface area contributed by atoms with Gasteiger partial charge in [0, 0.05) is 12.3 Å². The summed E-state index contributed by atoms with van der Waals surface area (Å²) in [5, 5.41) is 0.401. The number of nitrogens with zero attached hydrogens (tertiary/aromatic N) is 1. The summed E-state index contributed by atoms with van der Waals surface area (Å²) in [4.78, 5) is 28.2. The van der Waals surface area contributed by atoms with Crippen molar-refractivity contribution in [1.82, 2.24) is 4.98 Å². The van der Waals surface area contributed by atoms with Gasteiger partial charge in [-0.05, 0) is 24.8 Å². The van der Waals surface area contributed by atoms with Crippen molar-refractivity contribution >= 4 is 46.2 Å². The Morgan fingerprint density at radius 2 is 2.04 bits per heavy atom. The number of hydrogen-bond acceptors (Lipinski definition) is 6. The average molecular weight is 372 g/mol. The van der Waals surface area contributed by atoms with Crippen LogP contribution in [-0.2, 0) is 9.53 Å². The molecule has 0 aliphatic rings. The molecule has 0 fully saturated rings. The number of thioether (sulfide) groups is 1. The first-order valence-corrected chi connectivity index (χ1v) is 8.56. The third-order valence-electron chi connectivity index (χ3n) is 2.95. The fourth-order valence-electron chi connectivity index (χ4n) is 2.08. The minimum atomic E-state index is -0.704. The van der Waals surface area contributed by atoms with E-state index in [0.29, 0.717) is 16.3 Å². The maximum atomic E-state index is 13.9. The van der Waals surface area contributed by atoms with Crippen molar-refractivity contribution in [2.45, 2.75) is 25.8 Å². The van der Waals surface area contributed by atoms with E-state index in [4.69, 9.17) is 21.1 Å². The highest BCUT2D eigenvalue weighted by Crippen LogP contribution is 2.37. The predicted molar refractivity (Wildman–Crippen MR) is 90.4 cm³/mol. The first kappa shape index (κ1) is 18.5. The zero-order valence-corrected chi connectivity index (χ0v) is 14.9. The maximum Gasteiger partial charge on any atom is 0.344 e. The Hall–Kier alpha value is -1.86. The van der Waals surface area contributed by atoms with E-state index < -0.39 is 17.8 Å². The van der Waals surface area contributed by atoms with Crippen molar-refractivity contribution in [3.63, 3.8) is 0 Å². The number of carbonyl (C=O) groups is 2. The molecule has 1 aromatic heterocycles. The van der Waals surface area contributed by atoms with E-state index in [1.165, 1.54) is 24.8 Å². The fourth-order valence-corrected chi connectivity index (χ4v) is 3.00. The third-order valence-corrected chi connectivity index (χ3v) is 4.10. The minimum absolute atomic E-state index is 0.00752. The molecule has 0 unspecified atom stereocenters. The second kappa shape index (κ2) is 7.81. The topological polar surface area (TPSA) is 65.5 Å². The number of hydrogen-bond donors (Lipinski definition) is 0. The molecular formula is C16H15ClFNO4S. The van der Waals surface area contributed by atoms with Crippen molar-refractivity contribution in [2.75, 3.05) is 12.4 Å². The monoisotopic (exact) mass is 371 g/mol. The summed E-state index contributed by atoms with van der Waals surface area (Å²) in [5.41, 5.74) is 0.328. The molecule has 0 saturated heterocycles. The van der Waals surface area contributed by atoms with Crippen molar-refractivity contribution < 1.29 is 23.5 Å². The van der Waals surface area contributed by atoms with Gasteiger partial charge in [0.2, 0.25) is 0 Å². The van der Waals surface area contributed by atoms with E-state index >= 15 is 0 Å². The van der Waals surface area contributed by atoms with Gasteiger partial charge in [-0.3, -0.25) is 4.79 Å². The number of pyridine rings is 1. The standard InChI is InChI=1S/C16H15ClFNO4S/c1-4-22-16(21)13-14(23-8(3)20)9-6-11(18)10(17)7-12(9)19-15(13)24-5-2/h6-7H,4-5H2,1-3H3. The highest BCUT2D eigenvalue weighted by atomic mass is 35.5. The Morgan fingerprint density at radius 1 is 1.33 bits per heavy atom. The second-order valence-corrected chi connectivity index (χ2v) is 6.31. The third kappa shape index (κ3) is 3.79. The van der Waals surface area contributed by atoms with Gasteiger partial charge in [-0.25, -0.2) is 14.2 Å². The number of ether oxygens (including phenoxy) is 2. The smallest absolute Gasteiger partial charge is 0.344 e. The molecule has 0 aliphatic heterocycles. The van der Waals surface area contributed by atoms with Crippen molar-refractivity contribution in [3.8, 4) is 5.75 Å². The van der Waals surface area contributed by atoms with Gasteiger partial charge in [0.05, 0.1) is 17.1 Å². The molecule has 0 bridgehead atoms. The molecule has 0 amide bonds. The van der Waals surface area contributed by atoms with Gasteiger partial charge in [-0.2, -0.15) is 0 Å². The van der Waals surface area contributed by atoms with Crippen LogP contribution in [-0.4, -0.2) is 29.3 Å². The molecular weight excluding hydrogens is 357 g/mol. The van der Waals surface area contributed by atoms with Gasteiger partial charge < -0.3 is 9.47 Å². The van der Waals surface area contributed by atoms with Gasteiger partial charge in [-0.15, -0.1) is 11.8 Å². The first-order valence-electron chi connectivity index (χ1n) is 7.20. The van der Waals surface area contributed by atoms with Crippen molar-refractivity contribution in [1.29, 1.82) is 0 Å². The SMILES string of the molecule is CCOC(=O)c1c(SCC)nc2cc(Cl)c(F)cc2c1OC(C)=O. The molecule has 5 nitrogen and oxygen atoms in total. The molecule has 0 spiro atoms. The molecule has 8 heteroatoms. The van der Waals surface area contributed by atoms with Crippen LogP contribution >= 0.6 is 23.4 Å².